The lowest BCUT2D eigenvalue weighted by atomic mass is 10.4. The second kappa shape index (κ2) is 5.35. The molecule has 2 rings (SSSR count). The van der Waals surface area contributed by atoms with E-state index in [0.717, 1.165) is 0 Å². The molecule has 2 heterocycles. The van der Waals surface area contributed by atoms with Gasteiger partial charge in [-0.25, -0.2) is 5.10 Å². The molecule has 0 aliphatic heterocycles. The predicted molar refractivity (Wildman–Crippen MR) is 68.0 cm³/mol. The van der Waals surface area contributed by atoms with Gasteiger partial charge in [-0.1, -0.05) is 6.07 Å². The summed E-state index contributed by atoms with van der Waals surface area (Å²) in [6, 6.07) is 5.50. The molecule has 0 atom stereocenters. The summed E-state index contributed by atoms with van der Waals surface area (Å²) in [5.41, 5.74) is 3.59. The Bertz CT molecular complexity index is 581. The summed E-state index contributed by atoms with van der Waals surface area (Å²) in [6.07, 6.45) is 4.68. The summed E-state index contributed by atoms with van der Waals surface area (Å²) < 4.78 is 0.352. The van der Waals surface area contributed by atoms with Gasteiger partial charge in [-0.05, 0) is 28.1 Å². The fraction of sp³-hybridized carbons (Fsp3) is 0. The Labute approximate surface area is 105 Å². The smallest absolute Gasteiger partial charge is 0.275 e. The van der Waals surface area contributed by atoms with Crippen LogP contribution in [0.25, 0.3) is 0 Å². The molecule has 6 nitrogen and oxygen atoms in total. The van der Waals surface area contributed by atoms with Crippen molar-refractivity contribution in [2.24, 2.45) is 5.10 Å². The molecule has 0 spiro atoms. The zero-order chi connectivity index (χ0) is 12.1. The van der Waals surface area contributed by atoms with E-state index in [1.807, 2.05) is 18.2 Å². The summed E-state index contributed by atoms with van der Waals surface area (Å²) >= 11 is 3.13. The van der Waals surface area contributed by atoms with E-state index in [4.69, 9.17) is 0 Å². The van der Waals surface area contributed by atoms with Crippen LogP contribution in [0.1, 0.15) is 5.69 Å². The molecule has 2 aromatic heterocycles. The van der Waals surface area contributed by atoms with Gasteiger partial charge < -0.3 is 0 Å². The summed E-state index contributed by atoms with van der Waals surface area (Å²) in [7, 11) is 0. The molecule has 2 aromatic rings. The summed E-state index contributed by atoms with van der Waals surface area (Å²) in [6.45, 7) is 0. The van der Waals surface area contributed by atoms with Crippen LogP contribution in [0, 0.1) is 0 Å². The molecule has 0 fully saturated rings. The van der Waals surface area contributed by atoms with Crippen molar-refractivity contribution in [2.75, 3.05) is 5.43 Å². The van der Waals surface area contributed by atoms with Crippen molar-refractivity contribution in [1.82, 2.24) is 15.2 Å². The maximum Gasteiger partial charge on any atom is 0.280 e. The predicted octanol–water partition coefficient (Wildman–Crippen LogP) is 1.37. The van der Waals surface area contributed by atoms with Gasteiger partial charge >= 0.3 is 0 Å². The van der Waals surface area contributed by atoms with Crippen LogP contribution in [0.15, 0.2) is 45.0 Å². The van der Waals surface area contributed by atoms with Gasteiger partial charge in [-0.2, -0.15) is 10.2 Å². The fourth-order valence-corrected chi connectivity index (χ4v) is 1.36. The van der Waals surface area contributed by atoms with Gasteiger partial charge in [0.25, 0.3) is 5.56 Å². The highest BCUT2D eigenvalue weighted by atomic mass is 79.9. The molecule has 0 aliphatic rings. The van der Waals surface area contributed by atoms with Crippen LogP contribution in [-0.4, -0.2) is 21.4 Å². The number of anilines is 1. The van der Waals surface area contributed by atoms with Crippen LogP contribution in [0.2, 0.25) is 0 Å². The van der Waals surface area contributed by atoms with E-state index < -0.39 is 0 Å². The van der Waals surface area contributed by atoms with Crippen LogP contribution < -0.4 is 11.0 Å². The van der Waals surface area contributed by atoms with E-state index in [1.54, 1.807) is 12.4 Å². The molecule has 0 radical (unpaired) electrons. The minimum Gasteiger partial charge on any atom is -0.275 e. The van der Waals surface area contributed by atoms with Crippen molar-refractivity contribution >= 4 is 27.8 Å². The van der Waals surface area contributed by atoms with E-state index in [9.17, 15) is 4.79 Å². The first-order chi connectivity index (χ1) is 8.27. The number of aromatic amines is 1. The number of hydrogen-bond acceptors (Lipinski definition) is 5. The molecule has 0 saturated carbocycles. The zero-order valence-corrected chi connectivity index (χ0v) is 10.2. The minimum absolute atomic E-state index is 0.317. The van der Waals surface area contributed by atoms with Crippen molar-refractivity contribution in [1.29, 1.82) is 0 Å². The van der Waals surface area contributed by atoms with Crippen molar-refractivity contribution in [3.63, 3.8) is 0 Å². The van der Waals surface area contributed by atoms with Crippen molar-refractivity contribution in [2.45, 2.75) is 0 Å². The third-order valence-electron chi connectivity index (χ3n) is 1.87. The Hall–Kier alpha value is -2.02. The number of H-pyrrole nitrogens is 1. The number of rotatable bonds is 3. The normalized spacial score (nSPS) is 10.6. The molecule has 0 aliphatic carbocycles. The SMILES string of the molecule is O=c1[nH]ncc(N/N=C/c2ccccn2)c1Br. The summed E-state index contributed by atoms with van der Waals surface area (Å²) in [5.74, 6) is 0. The van der Waals surface area contributed by atoms with E-state index in [1.165, 1.54) is 6.20 Å². The quantitative estimate of drug-likeness (QED) is 0.661. The summed E-state index contributed by atoms with van der Waals surface area (Å²) in [4.78, 5) is 15.3. The minimum atomic E-state index is -0.317. The molecule has 7 heteroatoms. The molecular formula is C10H8BrN5O. The van der Waals surface area contributed by atoms with E-state index in [2.05, 4.69) is 41.6 Å². The largest absolute Gasteiger partial charge is 0.280 e. The van der Waals surface area contributed by atoms with E-state index in [0.29, 0.717) is 15.9 Å². The number of pyridine rings is 1. The highest BCUT2D eigenvalue weighted by Crippen LogP contribution is 2.14. The zero-order valence-electron chi connectivity index (χ0n) is 8.59. The van der Waals surface area contributed by atoms with Gasteiger partial charge in [-0.15, -0.1) is 0 Å². The van der Waals surface area contributed by atoms with Gasteiger partial charge in [0, 0.05) is 6.20 Å². The Morgan fingerprint density at radius 1 is 1.47 bits per heavy atom. The number of hydrogen-bond donors (Lipinski definition) is 2. The van der Waals surface area contributed by atoms with Crippen molar-refractivity contribution in [3.8, 4) is 0 Å². The lowest BCUT2D eigenvalue weighted by molar-refractivity contribution is 0.977. The topological polar surface area (TPSA) is 83.0 Å². The highest BCUT2D eigenvalue weighted by Gasteiger charge is 2.01. The highest BCUT2D eigenvalue weighted by molar-refractivity contribution is 9.10. The van der Waals surface area contributed by atoms with E-state index >= 15 is 0 Å². The monoisotopic (exact) mass is 293 g/mol. The number of aromatic nitrogens is 3. The van der Waals surface area contributed by atoms with Crippen LogP contribution >= 0.6 is 15.9 Å². The third-order valence-corrected chi connectivity index (χ3v) is 2.65. The molecular weight excluding hydrogens is 286 g/mol. The van der Waals surface area contributed by atoms with E-state index in [-0.39, 0.29) is 5.56 Å². The Kier molecular flexibility index (Phi) is 3.61. The lowest BCUT2D eigenvalue weighted by Gasteiger charge is -2.00. The first kappa shape index (κ1) is 11.5. The molecule has 0 bridgehead atoms. The number of nitrogens with zero attached hydrogens (tertiary/aromatic N) is 3. The lowest BCUT2D eigenvalue weighted by Crippen LogP contribution is -2.10. The molecule has 0 unspecified atom stereocenters. The third kappa shape index (κ3) is 2.97. The van der Waals surface area contributed by atoms with Crippen molar-refractivity contribution in [3.05, 3.63) is 51.1 Å². The van der Waals surface area contributed by atoms with Crippen LogP contribution in [0.3, 0.4) is 0 Å². The van der Waals surface area contributed by atoms with Gasteiger partial charge in [0.15, 0.2) is 0 Å². The van der Waals surface area contributed by atoms with Gasteiger partial charge in [0.05, 0.1) is 23.8 Å². The Morgan fingerprint density at radius 2 is 2.35 bits per heavy atom. The standard InChI is InChI=1S/C10H8BrN5O/c11-9-8(6-14-16-10(9)17)15-13-5-7-3-1-2-4-12-7/h1-6H,(H2,15,16,17)/b13-5+. The molecule has 17 heavy (non-hydrogen) atoms. The van der Waals surface area contributed by atoms with Crippen molar-refractivity contribution < 1.29 is 0 Å². The number of halogens is 1. The van der Waals surface area contributed by atoms with Gasteiger partial charge in [-0.3, -0.25) is 15.2 Å². The first-order valence-electron chi connectivity index (χ1n) is 4.70. The van der Waals surface area contributed by atoms with Gasteiger partial charge in [0.1, 0.15) is 4.47 Å². The maximum atomic E-state index is 11.2. The Morgan fingerprint density at radius 3 is 3.12 bits per heavy atom. The molecule has 0 aromatic carbocycles. The summed E-state index contributed by atoms with van der Waals surface area (Å²) in [5, 5.41) is 9.90. The average molecular weight is 294 g/mol. The molecule has 0 saturated heterocycles. The molecule has 0 amide bonds. The molecule has 2 N–H and O–H groups in total. The average Bonchev–Trinajstić information content (AvgIpc) is 2.36. The fourth-order valence-electron chi connectivity index (χ4n) is 1.08. The second-order valence-corrected chi connectivity index (χ2v) is 3.84. The number of hydrazone groups is 1. The first-order valence-corrected chi connectivity index (χ1v) is 5.50. The molecule has 86 valence electrons. The Balaban J connectivity index is 2.11. The van der Waals surface area contributed by atoms with Gasteiger partial charge in [0.2, 0.25) is 0 Å². The van der Waals surface area contributed by atoms with Crippen LogP contribution in [0.4, 0.5) is 5.69 Å². The van der Waals surface area contributed by atoms with Crippen LogP contribution in [-0.2, 0) is 0 Å². The maximum absolute atomic E-state index is 11.2. The number of nitrogens with one attached hydrogen (secondary N) is 2. The second-order valence-electron chi connectivity index (χ2n) is 3.05. The van der Waals surface area contributed by atoms with Crippen LogP contribution in [0.5, 0.6) is 0 Å².